The first-order valence-corrected chi connectivity index (χ1v) is 4.09. The van der Waals surface area contributed by atoms with Crippen LogP contribution in [-0.2, 0) is 6.42 Å². The first kappa shape index (κ1) is 10.8. The Labute approximate surface area is 86.2 Å². The number of carbonyl (C=O) groups is 2. The van der Waals surface area contributed by atoms with E-state index in [1.807, 2.05) is 0 Å². The zero-order valence-corrected chi connectivity index (χ0v) is 7.73. The summed E-state index contributed by atoms with van der Waals surface area (Å²) in [6.45, 7) is 0. The van der Waals surface area contributed by atoms with Crippen LogP contribution in [0.4, 0.5) is 0 Å². The summed E-state index contributed by atoms with van der Waals surface area (Å²) < 4.78 is 0. The average Bonchev–Trinajstić information content (AvgIpc) is 2.17. The molecule has 0 heterocycles. The number of hydrogen-bond acceptors (Lipinski definition) is 2. The quantitative estimate of drug-likeness (QED) is 0.727. The van der Waals surface area contributed by atoms with Gasteiger partial charge in [0, 0.05) is 6.42 Å². The van der Waals surface area contributed by atoms with Crippen LogP contribution in [0.15, 0.2) is 18.2 Å². The minimum atomic E-state index is -1.11. The number of hydrogen-bond donors (Lipinski definition) is 2. The molecule has 0 aliphatic carbocycles. The van der Waals surface area contributed by atoms with Gasteiger partial charge in [-0.2, -0.15) is 0 Å². The predicted molar refractivity (Wildman–Crippen MR) is 52.9 cm³/mol. The maximum atomic E-state index is 10.8. The summed E-state index contributed by atoms with van der Waals surface area (Å²) in [7, 11) is 0. The molecule has 0 radical (unpaired) electrons. The van der Waals surface area contributed by atoms with E-state index >= 15 is 0 Å². The van der Waals surface area contributed by atoms with Crippen molar-refractivity contribution >= 4 is 11.9 Å². The van der Waals surface area contributed by atoms with Crippen molar-refractivity contribution in [3.63, 3.8) is 0 Å². The molecule has 0 amide bonds. The molecule has 0 atom stereocenters. The van der Waals surface area contributed by atoms with Gasteiger partial charge in [0.1, 0.15) is 0 Å². The Hall–Kier alpha value is -2.28. The summed E-state index contributed by atoms with van der Waals surface area (Å²) in [6, 6.07) is 3.77. The Kier molecular flexibility index (Phi) is 3.09. The SMILES string of the molecule is C#CCc1cc(C(=O)O)ccc1C(=O)O. The Morgan fingerprint density at radius 3 is 2.40 bits per heavy atom. The molecule has 0 spiro atoms. The van der Waals surface area contributed by atoms with Crippen molar-refractivity contribution in [2.75, 3.05) is 0 Å². The van der Waals surface area contributed by atoms with Gasteiger partial charge in [-0.15, -0.1) is 12.3 Å². The van der Waals surface area contributed by atoms with Crippen molar-refractivity contribution in [2.24, 2.45) is 0 Å². The van der Waals surface area contributed by atoms with Gasteiger partial charge in [-0.25, -0.2) is 9.59 Å². The second kappa shape index (κ2) is 4.29. The topological polar surface area (TPSA) is 74.6 Å². The summed E-state index contributed by atoms with van der Waals surface area (Å²) in [5, 5.41) is 17.5. The fourth-order valence-electron chi connectivity index (χ4n) is 1.19. The molecule has 1 aromatic rings. The average molecular weight is 204 g/mol. The summed E-state index contributed by atoms with van der Waals surface area (Å²) in [4.78, 5) is 21.4. The Morgan fingerprint density at radius 2 is 1.93 bits per heavy atom. The van der Waals surface area contributed by atoms with Gasteiger partial charge in [-0.1, -0.05) is 0 Å². The Bertz CT molecular complexity index is 454. The molecule has 4 heteroatoms. The third kappa shape index (κ3) is 2.35. The highest BCUT2D eigenvalue weighted by atomic mass is 16.4. The van der Waals surface area contributed by atoms with Gasteiger partial charge >= 0.3 is 11.9 Å². The molecule has 1 rings (SSSR count). The standard InChI is InChI=1S/C11H8O4/c1-2-3-7-6-8(10(12)13)4-5-9(7)11(14)15/h1,4-6H,3H2,(H,12,13)(H,14,15). The first-order valence-electron chi connectivity index (χ1n) is 4.09. The fraction of sp³-hybridized carbons (Fsp3) is 0.0909. The van der Waals surface area contributed by atoms with E-state index in [4.69, 9.17) is 16.6 Å². The lowest BCUT2D eigenvalue weighted by Crippen LogP contribution is -2.05. The Balaban J connectivity index is 3.27. The zero-order valence-electron chi connectivity index (χ0n) is 7.73. The molecule has 0 saturated heterocycles. The van der Waals surface area contributed by atoms with Gasteiger partial charge in [-0.3, -0.25) is 0 Å². The summed E-state index contributed by atoms with van der Waals surface area (Å²) in [6.07, 6.45) is 5.17. The number of aromatic carboxylic acids is 2. The normalized spacial score (nSPS) is 9.27. The van der Waals surface area contributed by atoms with E-state index in [9.17, 15) is 9.59 Å². The molecule has 2 N–H and O–H groups in total. The molecule has 0 aliphatic rings. The highest BCUT2D eigenvalue weighted by Crippen LogP contribution is 2.13. The first-order chi connectivity index (χ1) is 7.06. The minimum Gasteiger partial charge on any atom is -0.478 e. The lowest BCUT2D eigenvalue weighted by Gasteiger charge is -2.03. The van der Waals surface area contributed by atoms with Gasteiger partial charge in [0.05, 0.1) is 11.1 Å². The molecule has 15 heavy (non-hydrogen) atoms. The van der Waals surface area contributed by atoms with E-state index in [0.717, 1.165) is 0 Å². The molecule has 0 saturated carbocycles. The lowest BCUT2D eigenvalue weighted by atomic mass is 10.0. The second-order valence-corrected chi connectivity index (χ2v) is 2.86. The van der Waals surface area contributed by atoms with Crippen LogP contribution in [0.1, 0.15) is 26.3 Å². The van der Waals surface area contributed by atoms with E-state index in [-0.39, 0.29) is 17.5 Å². The van der Waals surface area contributed by atoms with Crippen molar-refractivity contribution in [1.82, 2.24) is 0 Å². The van der Waals surface area contributed by atoms with Crippen molar-refractivity contribution in [3.8, 4) is 12.3 Å². The van der Waals surface area contributed by atoms with Gasteiger partial charge in [-0.05, 0) is 23.8 Å². The molecular weight excluding hydrogens is 196 g/mol. The molecule has 4 nitrogen and oxygen atoms in total. The highest BCUT2D eigenvalue weighted by Gasteiger charge is 2.12. The van der Waals surface area contributed by atoms with Crippen molar-refractivity contribution in [2.45, 2.75) is 6.42 Å². The molecule has 0 bridgehead atoms. The van der Waals surface area contributed by atoms with E-state index in [2.05, 4.69) is 5.92 Å². The third-order valence-corrected chi connectivity index (χ3v) is 1.88. The highest BCUT2D eigenvalue weighted by molar-refractivity contribution is 5.93. The second-order valence-electron chi connectivity index (χ2n) is 2.86. The zero-order chi connectivity index (χ0) is 11.4. The van der Waals surface area contributed by atoms with Crippen LogP contribution in [0, 0.1) is 12.3 Å². The number of rotatable bonds is 3. The van der Waals surface area contributed by atoms with Crippen LogP contribution >= 0.6 is 0 Å². The largest absolute Gasteiger partial charge is 0.478 e. The van der Waals surface area contributed by atoms with Crippen LogP contribution in [0.2, 0.25) is 0 Å². The van der Waals surface area contributed by atoms with Gasteiger partial charge in [0.2, 0.25) is 0 Å². The molecule has 0 fully saturated rings. The summed E-state index contributed by atoms with van der Waals surface area (Å²) in [5.41, 5.74) is 0.410. The van der Waals surface area contributed by atoms with E-state index in [1.54, 1.807) is 0 Å². The molecule has 1 aromatic carbocycles. The lowest BCUT2D eigenvalue weighted by molar-refractivity contribution is 0.0680. The molecule has 76 valence electrons. The van der Waals surface area contributed by atoms with Crippen LogP contribution in [0.5, 0.6) is 0 Å². The van der Waals surface area contributed by atoms with E-state index in [1.165, 1.54) is 18.2 Å². The van der Waals surface area contributed by atoms with Gasteiger partial charge in [0.15, 0.2) is 0 Å². The number of carboxylic acid groups (broad SMARTS) is 2. The van der Waals surface area contributed by atoms with Crippen LogP contribution in [-0.4, -0.2) is 22.2 Å². The maximum absolute atomic E-state index is 10.8. The van der Waals surface area contributed by atoms with Gasteiger partial charge < -0.3 is 10.2 Å². The van der Waals surface area contributed by atoms with Crippen LogP contribution < -0.4 is 0 Å². The van der Waals surface area contributed by atoms with Crippen molar-refractivity contribution < 1.29 is 19.8 Å². The third-order valence-electron chi connectivity index (χ3n) is 1.88. The number of terminal acetylenes is 1. The van der Waals surface area contributed by atoms with E-state index in [0.29, 0.717) is 5.56 Å². The maximum Gasteiger partial charge on any atom is 0.335 e. The monoisotopic (exact) mass is 204 g/mol. The molecule has 0 aromatic heterocycles. The number of carboxylic acids is 2. The molecular formula is C11H8O4. The predicted octanol–water partition coefficient (Wildman–Crippen LogP) is 1.26. The summed E-state index contributed by atoms with van der Waals surface area (Å²) >= 11 is 0. The summed E-state index contributed by atoms with van der Waals surface area (Å²) in [5.74, 6) is 0.0691. The van der Waals surface area contributed by atoms with E-state index < -0.39 is 11.9 Å². The minimum absolute atomic E-state index is 0.0326. The van der Waals surface area contributed by atoms with Crippen LogP contribution in [0.3, 0.4) is 0 Å². The fourth-order valence-corrected chi connectivity index (χ4v) is 1.19. The van der Waals surface area contributed by atoms with Crippen LogP contribution in [0.25, 0.3) is 0 Å². The Morgan fingerprint density at radius 1 is 1.27 bits per heavy atom. The molecule has 0 unspecified atom stereocenters. The number of benzene rings is 1. The van der Waals surface area contributed by atoms with Crippen molar-refractivity contribution in [3.05, 3.63) is 34.9 Å². The molecule has 0 aliphatic heterocycles. The smallest absolute Gasteiger partial charge is 0.335 e. The van der Waals surface area contributed by atoms with Gasteiger partial charge in [0.25, 0.3) is 0 Å². The van der Waals surface area contributed by atoms with Crippen molar-refractivity contribution in [1.29, 1.82) is 0 Å².